The van der Waals surface area contributed by atoms with Gasteiger partial charge in [0.1, 0.15) is 0 Å². The summed E-state index contributed by atoms with van der Waals surface area (Å²) in [4.78, 5) is 0. The predicted molar refractivity (Wildman–Crippen MR) is 153 cm³/mol. The third-order valence-electron chi connectivity index (χ3n) is 3.96. The third kappa shape index (κ3) is 15.0. The Kier molecular flexibility index (Phi) is 17.4. The van der Waals surface area contributed by atoms with E-state index in [-0.39, 0.29) is 23.7 Å². The van der Waals surface area contributed by atoms with Gasteiger partial charge in [-0.3, -0.25) is 0 Å². The van der Waals surface area contributed by atoms with Crippen molar-refractivity contribution in [3.05, 3.63) is 0 Å². The van der Waals surface area contributed by atoms with Gasteiger partial charge in [-0.25, -0.2) is 0 Å². The average molecular weight is 813 g/mol. The molecule has 0 bridgehead atoms. The van der Waals surface area contributed by atoms with E-state index in [0.29, 0.717) is 0 Å². The second-order valence-electron chi connectivity index (χ2n) is 11.8. The Labute approximate surface area is 221 Å². The van der Waals surface area contributed by atoms with Crippen LogP contribution in [-0.4, -0.2) is 145 Å². The quantitative estimate of drug-likeness (QED) is 0.350. The van der Waals surface area contributed by atoms with Crippen molar-refractivity contribution < 1.29 is 0 Å². The number of nitrogens with zero attached hydrogens (tertiary/aromatic N) is 4. The summed E-state index contributed by atoms with van der Waals surface area (Å²) in [6.45, 7) is 29.9. The molecular weight excluding hydrogens is 761 g/mol. The topological polar surface area (TPSA) is 13.0 Å². The molecule has 172 valence electrons. The molecule has 0 aromatic rings. The molecule has 0 N–H and O–H groups in total. The summed E-state index contributed by atoms with van der Waals surface area (Å²) >= 11 is 1.81. The summed E-state index contributed by atoms with van der Waals surface area (Å²) < 4.78 is 10.9. The van der Waals surface area contributed by atoms with E-state index in [9.17, 15) is 0 Å². The van der Waals surface area contributed by atoms with E-state index >= 15 is 0 Å². The molecule has 0 amide bonds. The Morgan fingerprint density at radius 2 is 0.893 bits per heavy atom. The first-order chi connectivity index (χ1) is 11.5. The van der Waals surface area contributed by atoms with E-state index in [2.05, 4.69) is 140 Å². The van der Waals surface area contributed by atoms with E-state index in [1.165, 1.54) is 0 Å². The third-order valence-corrected chi connectivity index (χ3v) is 59.5. The molecule has 0 fully saturated rings. The van der Waals surface area contributed by atoms with Gasteiger partial charge in [-0.1, -0.05) is 0 Å². The van der Waals surface area contributed by atoms with Gasteiger partial charge >= 0.3 is 224 Å². The van der Waals surface area contributed by atoms with Crippen LogP contribution in [0.3, 0.4) is 0 Å². The van der Waals surface area contributed by atoms with Crippen LogP contribution in [0.5, 0.6) is 0 Å². The molecule has 28 heavy (non-hydrogen) atoms. The Bertz CT molecular complexity index is 443. The maximum atomic E-state index is 2.99. The summed E-state index contributed by atoms with van der Waals surface area (Å²) in [7, 11) is 3.54. The maximum absolute atomic E-state index is 2.99. The Morgan fingerprint density at radius 3 is 0.964 bits per heavy atom. The molecule has 12 heteroatoms. The summed E-state index contributed by atoms with van der Waals surface area (Å²) in [5, 5.41) is 0. The zero-order valence-corrected chi connectivity index (χ0v) is 36.2. The van der Waals surface area contributed by atoms with Crippen LogP contribution >= 0.6 is 0 Å². The summed E-state index contributed by atoms with van der Waals surface area (Å²) in [5.41, 5.74) is 0. The summed E-state index contributed by atoms with van der Waals surface area (Å²) in [5.74, 6) is 0. The zero-order valence-electron chi connectivity index (χ0n) is 21.9. The second kappa shape index (κ2) is 13.7. The molecular formula is C16H52Ge2N4Si4Te2. The fourth-order valence-electron chi connectivity index (χ4n) is 3.49. The van der Waals surface area contributed by atoms with Crippen LogP contribution < -0.4 is 0 Å². The van der Waals surface area contributed by atoms with Crippen molar-refractivity contribution in [2.24, 2.45) is 0 Å². The molecule has 4 nitrogen and oxygen atoms in total. The van der Waals surface area contributed by atoms with Gasteiger partial charge in [0, 0.05) is 0 Å². The molecule has 0 radical (unpaired) electrons. The first-order valence-corrected chi connectivity index (χ1v) is 35.2. The Morgan fingerprint density at radius 1 is 0.607 bits per heavy atom. The van der Waals surface area contributed by atoms with Crippen LogP contribution in [0, 0.1) is 0 Å². The average Bonchev–Trinajstić information content (AvgIpc) is 2.30. The molecule has 0 aromatic heterocycles. The van der Waals surface area contributed by atoms with E-state index in [4.69, 9.17) is 0 Å². The molecule has 0 atom stereocenters. The predicted octanol–water partition coefficient (Wildman–Crippen LogP) is 2.28. The number of hydrogen-bond donors (Lipinski definition) is 0. The van der Waals surface area contributed by atoms with Crippen LogP contribution in [0.1, 0.15) is 0 Å². The van der Waals surface area contributed by atoms with E-state index < -0.39 is 59.8 Å². The summed E-state index contributed by atoms with van der Waals surface area (Å²) in [6, 6.07) is 0. The van der Waals surface area contributed by atoms with Gasteiger partial charge in [-0.05, 0) is 0 Å². The van der Waals surface area contributed by atoms with Crippen LogP contribution in [0.25, 0.3) is 0 Å². The van der Waals surface area contributed by atoms with Crippen LogP contribution in [0.4, 0.5) is 0 Å². The first kappa shape index (κ1) is 35.6. The summed E-state index contributed by atoms with van der Waals surface area (Å²) in [6.07, 6.45) is 0. The van der Waals surface area contributed by atoms with Gasteiger partial charge in [0.05, 0.1) is 0 Å². The molecule has 0 heterocycles. The van der Waals surface area contributed by atoms with E-state index in [1.807, 2.05) is 0 Å². The molecule has 0 unspecified atom stereocenters. The van der Waals surface area contributed by atoms with Crippen LogP contribution in [0.15, 0.2) is 0 Å². The van der Waals surface area contributed by atoms with E-state index in [1.54, 1.807) is 0 Å². The zero-order chi connectivity index (χ0) is 22.6. The minimum absolute atomic E-state index is 0. The molecule has 0 aliphatic heterocycles. The normalized spacial score (nSPS) is 13.4. The fraction of sp³-hybridized carbons (Fsp3) is 1.00. The first-order valence-electron chi connectivity index (χ1n) is 9.97. The number of hydrogen-bond acceptors (Lipinski definition) is 4. The van der Waals surface area contributed by atoms with Gasteiger partial charge in [0.2, 0.25) is 0 Å². The van der Waals surface area contributed by atoms with Crippen molar-refractivity contribution in [2.75, 3.05) is 28.2 Å². The Hall–Kier alpha value is 3.05. The molecule has 0 spiro atoms. The monoisotopic (exact) mass is 820 g/mol. The van der Waals surface area contributed by atoms with Crippen LogP contribution in [-0.2, 0) is 0 Å². The van der Waals surface area contributed by atoms with Gasteiger partial charge in [-0.2, -0.15) is 0 Å². The van der Waals surface area contributed by atoms with E-state index in [0.717, 1.165) is 0 Å². The van der Waals surface area contributed by atoms with Crippen molar-refractivity contribution in [1.29, 1.82) is 0 Å². The van der Waals surface area contributed by atoms with Crippen molar-refractivity contribution in [1.82, 2.24) is 14.1 Å². The van der Waals surface area contributed by atoms with Crippen molar-refractivity contribution in [3.8, 4) is 0 Å². The molecule has 0 saturated carbocycles. The molecule has 0 aliphatic carbocycles. The van der Waals surface area contributed by atoms with Crippen LogP contribution in [0.2, 0.25) is 78.6 Å². The molecule has 0 aliphatic rings. The second-order valence-corrected chi connectivity index (χ2v) is 50.6. The minimum atomic E-state index is -1.13. The van der Waals surface area contributed by atoms with Crippen molar-refractivity contribution in [2.45, 2.75) is 78.6 Å². The van der Waals surface area contributed by atoms with Gasteiger partial charge in [0.25, 0.3) is 0 Å². The van der Waals surface area contributed by atoms with Crippen molar-refractivity contribution >= 4 is 103 Å². The SMILES string of the molecule is C[N](C)[GeH2][N]([Si](C)(C)C)[Si](C)(C)C.C[N](C)[Ge](=[Te])[N]([Si](C)(C)C)[Si](C)(C)C.[TeH2]. The molecule has 0 aromatic carbocycles. The van der Waals surface area contributed by atoms with Gasteiger partial charge in [-0.15, -0.1) is 0 Å². The Balaban J connectivity index is -0.000000432. The van der Waals surface area contributed by atoms with Crippen molar-refractivity contribution in [3.63, 3.8) is 0 Å². The fourth-order valence-corrected chi connectivity index (χ4v) is 65.6. The molecule has 0 rings (SSSR count). The van der Waals surface area contributed by atoms with Gasteiger partial charge < -0.3 is 0 Å². The number of rotatable bonds is 8. The standard InChI is InChI=1S/C8H24GeN2Si2Te.C8H26GeN2Si2.H2Te/c1-10(2)9(14)11(12(3,4)5)13(6,7)8;1-10(2)9-11(12(3,4)5)13(6,7)8;/h1-8H3;9H2,1-8H3;1H2. The molecule has 0 saturated heterocycles. The van der Waals surface area contributed by atoms with Gasteiger partial charge in [0.15, 0.2) is 0 Å².